The molecule has 0 aliphatic rings. The average molecular weight is 395 g/mol. The molecular weight excluding hydrogens is 378 g/mol. The third-order valence-corrected chi connectivity index (χ3v) is 4.93. The molecule has 0 atom stereocenters. The number of benzene rings is 2. The van der Waals surface area contributed by atoms with E-state index in [9.17, 15) is 13.2 Å². The SMILES string of the molecule is Cc1ccc(S(=O)(=O)Oc2ccc(C=NNC(=O)c3ccccn3)cc2)cc1. The highest BCUT2D eigenvalue weighted by molar-refractivity contribution is 7.87. The number of hydrazone groups is 1. The second kappa shape index (κ2) is 8.45. The van der Waals surface area contributed by atoms with Crippen molar-refractivity contribution < 1.29 is 17.4 Å². The minimum atomic E-state index is -3.90. The molecule has 1 heterocycles. The van der Waals surface area contributed by atoms with E-state index in [1.807, 2.05) is 6.92 Å². The number of amides is 1. The summed E-state index contributed by atoms with van der Waals surface area (Å²) in [5, 5.41) is 3.85. The van der Waals surface area contributed by atoms with Gasteiger partial charge in [0.25, 0.3) is 5.91 Å². The molecule has 0 fully saturated rings. The lowest BCUT2D eigenvalue weighted by molar-refractivity contribution is 0.0950. The van der Waals surface area contributed by atoms with E-state index in [1.165, 1.54) is 36.7 Å². The van der Waals surface area contributed by atoms with E-state index in [4.69, 9.17) is 4.18 Å². The van der Waals surface area contributed by atoms with Crippen LogP contribution < -0.4 is 9.61 Å². The summed E-state index contributed by atoms with van der Waals surface area (Å²) in [4.78, 5) is 15.8. The van der Waals surface area contributed by atoms with Crippen LogP contribution in [0.3, 0.4) is 0 Å². The highest BCUT2D eigenvalue weighted by Crippen LogP contribution is 2.19. The van der Waals surface area contributed by atoms with Crippen LogP contribution in [0.5, 0.6) is 5.75 Å². The Balaban J connectivity index is 1.62. The van der Waals surface area contributed by atoms with Crippen molar-refractivity contribution in [2.75, 3.05) is 0 Å². The number of pyridine rings is 1. The van der Waals surface area contributed by atoms with Crippen molar-refractivity contribution >= 4 is 22.2 Å². The quantitative estimate of drug-likeness (QED) is 0.393. The Morgan fingerprint density at radius 1 is 1.04 bits per heavy atom. The van der Waals surface area contributed by atoms with Crippen LogP contribution in [0, 0.1) is 6.92 Å². The van der Waals surface area contributed by atoms with Crippen LogP contribution >= 0.6 is 0 Å². The summed E-state index contributed by atoms with van der Waals surface area (Å²) in [5.41, 5.74) is 4.23. The second-order valence-electron chi connectivity index (χ2n) is 5.83. The first-order chi connectivity index (χ1) is 13.4. The van der Waals surface area contributed by atoms with Gasteiger partial charge < -0.3 is 4.18 Å². The molecule has 0 saturated carbocycles. The van der Waals surface area contributed by atoms with Gasteiger partial charge in [-0.1, -0.05) is 23.8 Å². The van der Waals surface area contributed by atoms with Crippen molar-refractivity contribution in [3.8, 4) is 5.75 Å². The number of carbonyl (C=O) groups excluding carboxylic acids is 1. The van der Waals surface area contributed by atoms with Crippen LogP contribution in [0.15, 0.2) is 82.9 Å². The molecule has 1 aromatic heterocycles. The zero-order chi connectivity index (χ0) is 20.0. The van der Waals surface area contributed by atoms with Crippen LogP contribution in [0.2, 0.25) is 0 Å². The second-order valence-corrected chi connectivity index (χ2v) is 7.38. The molecule has 1 amide bonds. The summed E-state index contributed by atoms with van der Waals surface area (Å²) in [6.45, 7) is 1.87. The molecule has 28 heavy (non-hydrogen) atoms. The fourth-order valence-corrected chi connectivity index (χ4v) is 3.14. The number of nitrogens with one attached hydrogen (secondary N) is 1. The van der Waals surface area contributed by atoms with Crippen LogP contribution in [0.25, 0.3) is 0 Å². The van der Waals surface area contributed by atoms with Gasteiger partial charge in [-0.15, -0.1) is 0 Å². The van der Waals surface area contributed by atoms with Gasteiger partial charge in [-0.2, -0.15) is 13.5 Å². The minimum Gasteiger partial charge on any atom is -0.379 e. The number of aromatic nitrogens is 1. The highest BCUT2D eigenvalue weighted by Gasteiger charge is 2.16. The molecule has 0 spiro atoms. The van der Waals surface area contributed by atoms with Crippen LogP contribution in [0.1, 0.15) is 21.6 Å². The molecule has 0 saturated heterocycles. The summed E-state index contributed by atoms with van der Waals surface area (Å²) in [6, 6.07) is 17.6. The molecule has 8 heteroatoms. The first kappa shape index (κ1) is 19.2. The third kappa shape index (κ3) is 5.01. The normalized spacial score (nSPS) is 11.3. The Labute approximate surface area is 162 Å². The zero-order valence-corrected chi connectivity index (χ0v) is 15.8. The van der Waals surface area contributed by atoms with Gasteiger partial charge in [0.2, 0.25) is 0 Å². The van der Waals surface area contributed by atoms with E-state index in [-0.39, 0.29) is 16.3 Å². The minimum absolute atomic E-state index is 0.0842. The summed E-state index contributed by atoms with van der Waals surface area (Å²) in [6.07, 6.45) is 2.95. The van der Waals surface area contributed by atoms with Gasteiger partial charge >= 0.3 is 10.1 Å². The molecule has 142 valence electrons. The molecule has 0 radical (unpaired) electrons. The Hall–Kier alpha value is -3.52. The molecule has 2 aromatic carbocycles. The standard InChI is InChI=1S/C20H17N3O4S/c1-15-5-11-18(12-6-15)28(25,26)27-17-9-7-16(8-10-17)14-22-23-20(24)19-4-2-3-13-21-19/h2-14H,1H3,(H,23,24). The van der Waals surface area contributed by atoms with E-state index < -0.39 is 16.0 Å². The zero-order valence-electron chi connectivity index (χ0n) is 14.9. The third-order valence-electron chi connectivity index (χ3n) is 3.67. The maximum absolute atomic E-state index is 12.3. The molecule has 3 aromatic rings. The largest absolute Gasteiger partial charge is 0.379 e. The van der Waals surface area contributed by atoms with Gasteiger partial charge in [0.05, 0.1) is 6.21 Å². The molecule has 0 bridgehead atoms. The number of nitrogens with zero attached hydrogens (tertiary/aromatic N) is 2. The average Bonchev–Trinajstić information content (AvgIpc) is 2.70. The van der Waals surface area contributed by atoms with Crippen molar-refractivity contribution in [2.24, 2.45) is 5.10 Å². The maximum Gasteiger partial charge on any atom is 0.339 e. The van der Waals surface area contributed by atoms with Gasteiger partial charge in [-0.25, -0.2) is 5.43 Å². The lowest BCUT2D eigenvalue weighted by atomic mass is 10.2. The number of hydrogen-bond donors (Lipinski definition) is 1. The molecule has 0 unspecified atom stereocenters. The lowest BCUT2D eigenvalue weighted by Gasteiger charge is -2.07. The topological polar surface area (TPSA) is 97.7 Å². The number of hydrogen-bond acceptors (Lipinski definition) is 6. The summed E-state index contributed by atoms with van der Waals surface area (Å²) < 4.78 is 29.7. The van der Waals surface area contributed by atoms with Gasteiger partial charge in [-0.05, 0) is 61.0 Å². The summed E-state index contributed by atoms with van der Waals surface area (Å²) in [7, 11) is -3.90. The van der Waals surface area contributed by atoms with Crippen LogP contribution in [0.4, 0.5) is 0 Å². The number of rotatable bonds is 6. The fourth-order valence-electron chi connectivity index (χ4n) is 2.21. The smallest absolute Gasteiger partial charge is 0.339 e. The summed E-state index contributed by atoms with van der Waals surface area (Å²) in [5.74, 6) is -0.253. The van der Waals surface area contributed by atoms with Crippen molar-refractivity contribution in [1.29, 1.82) is 0 Å². The first-order valence-electron chi connectivity index (χ1n) is 8.30. The Morgan fingerprint density at radius 2 is 1.75 bits per heavy atom. The number of aryl methyl sites for hydroxylation is 1. The van der Waals surface area contributed by atoms with Gasteiger partial charge in [-0.3, -0.25) is 9.78 Å². The Bertz CT molecular complexity index is 1080. The lowest BCUT2D eigenvalue weighted by Crippen LogP contribution is -2.18. The van der Waals surface area contributed by atoms with Crippen molar-refractivity contribution in [3.05, 3.63) is 89.7 Å². The van der Waals surface area contributed by atoms with Gasteiger partial charge in [0.1, 0.15) is 16.3 Å². The predicted molar refractivity (Wildman–Crippen MR) is 105 cm³/mol. The maximum atomic E-state index is 12.3. The Morgan fingerprint density at radius 3 is 2.39 bits per heavy atom. The number of carbonyl (C=O) groups is 1. The monoisotopic (exact) mass is 395 g/mol. The van der Waals surface area contributed by atoms with Crippen molar-refractivity contribution in [3.63, 3.8) is 0 Å². The fraction of sp³-hybridized carbons (Fsp3) is 0.0500. The molecule has 0 aliphatic heterocycles. The van der Waals surface area contributed by atoms with E-state index in [1.54, 1.807) is 42.5 Å². The molecular formula is C20H17N3O4S. The molecule has 3 rings (SSSR count). The van der Waals surface area contributed by atoms with E-state index in [2.05, 4.69) is 15.5 Å². The van der Waals surface area contributed by atoms with Gasteiger partial charge in [0.15, 0.2) is 0 Å². The molecule has 7 nitrogen and oxygen atoms in total. The van der Waals surface area contributed by atoms with E-state index >= 15 is 0 Å². The van der Waals surface area contributed by atoms with Crippen molar-refractivity contribution in [1.82, 2.24) is 10.4 Å². The van der Waals surface area contributed by atoms with Crippen LogP contribution in [-0.2, 0) is 10.1 Å². The van der Waals surface area contributed by atoms with Crippen LogP contribution in [-0.4, -0.2) is 25.5 Å². The summed E-state index contributed by atoms with van der Waals surface area (Å²) >= 11 is 0. The highest BCUT2D eigenvalue weighted by atomic mass is 32.2. The predicted octanol–water partition coefficient (Wildman–Crippen LogP) is 2.92. The molecule has 0 aliphatic carbocycles. The van der Waals surface area contributed by atoms with Gasteiger partial charge in [0, 0.05) is 6.20 Å². The molecule has 1 N–H and O–H groups in total. The Kier molecular flexibility index (Phi) is 5.81. The first-order valence-corrected chi connectivity index (χ1v) is 9.70. The van der Waals surface area contributed by atoms with E-state index in [0.717, 1.165) is 5.56 Å². The van der Waals surface area contributed by atoms with E-state index in [0.29, 0.717) is 5.56 Å². The van der Waals surface area contributed by atoms with Crippen molar-refractivity contribution in [2.45, 2.75) is 11.8 Å².